The highest BCUT2D eigenvalue weighted by molar-refractivity contribution is 7.91. The Hall–Kier alpha value is -3.39. The Labute approximate surface area is 174 Å². The normalized spacial score (nSPS) is 11.1. The topological polar surface area (TPSA) is 98.8 Å². The fourth-order valence-corrected chi connectivity index (χ4v) is 4.07. The van der Waals surface area contributed by atoms with Gasteiger partial charge in [-0.05, 0) is 35.0 Å². The van der Waals surface area contributed by atoms with Crippen molar-refractivity contribution in [2.24, 2.45) is 0 Å². The number of sulfone groups is 1. The molecule has 0 aliphatic heterocycles. The van der Waals surface area contributed by atoms with E-state index in [1.54, 1.807) is 36.4 Å². The van der Waals surface area contributed by atoms with Crippen LogP contribution in [-0.2, 0) is 24.2 Å². The van der Waals surface area contributed by atoms with Crippen LogP contribution in [0.15, 0.2) is 71.6 Å². The molecule has 0 atom stereocenters. The van der Waals surface area contributed by atoms with E-state index in [0.717, 1.165) is 10.8 Å². The Morgan fingerprint density at radius 3 is 2.47 bits per heavy atom. The van der Waals surface area contributed by atoms with E-state index in [0.29, 0.717) is 11.4 Å². The quantitative estimate of drug-likeness (QED) is 0.555. The Morgan fingerprint density at radius 1 is 0.933 bits per heavy atom. The van der Waals surface area contributed by atoms with Crippen LogP contribution in [0.25, 0.3) is 10.8 Å². The molecule has 0 aliphatic carbocycles. The van der Waals surface area contributed by atoms with Crippen LogP contribution in [0.4, 0.5) is 5.69 Å². The van der Waals surface area contributed by atoms with E-state index in [4.69, 9.17) is 9.47 Å². The van der Waals surface area contributed by atoms with Gasteiger partial charge in [-0.3, -0.25) is 9.59 Å². The molecule has 0 bridgehead atoms. The fourth-order valence-electron chi connectivity index (χ4n) is 2.81. The van der Waals surface area contributed by atoms with Crippen molar-refractivity contribution in [1.29, 1.82) is 0 Å². The molecule has 7 nitrogen and oxygen atoms in total. The van der Waals surface area contributed by atoms with Crippen molar-refractivity contribution in [3.63, 3.8) is 0 Å². The lowest BCUT2D eigenvalue weighted by Gasteiger charge is -2.08. The van der Waals surface area contributed by atoms with E-state index in [9.17, 15) is 18.0 Å². The summed E-state index contributed by atoms with van der Waals surface area (Å²) in [6, 6.07) is 19.0. The van der Waals surface area contributed by atoms with Crippen molar-refractivity contribution in [3.8, 4) is 5.75 Å². The molecular weight excluding hydrogens is 406 g/mol. The van der Waals surface area contributed by atoms with Crippen LogP contribution in [0, 0.1) is 0 Å². The van der Waals surface area contributed by atoms with E-state index < -0.39 is 34.1 Å². The molecule has 0 saturated heterocycles. The first kappa shape index (κ1) is 21.3. The maximum Gasteiger partial charge on any atom is 0.307 e. The van der Waals surface area contributed by atoms with Crippen molar-refractivity contribution >= 4 is 38.2 Å². The SMILES string of the molecule is COc1cccc(NC(=O)COC(=O)CCS(=O)(=O)c2ccc3ccccc3c2)c1. The van der Waals surface area contributed by atoms with Crippen molar-refractivity contribution in [3.05, 3.63) is 66.7 Å². The van der Waals surface area contributed by atoms with Crippen molar-refractivity contribution < 1.29 is 27.5 Å². The van der Waals surface area contributed by atoms with E-state index >= 15 is 0 Å². The summed E-state index contributed by atoms with van der Waals surface area (Å²) in [5, 5.41) is 4.30. The number of ether oxygens (including phenoxy) is 2. The van der Waals surface area contributed by atoms with Gasteiger partial charge in [-0.1, -0.05) is 36.4 Å². The zero-order valence-electron chi connectivity index (χ0n) is 16.3. The van der Waals surface area contributed by atoms with Gasteiger partial charge in [0.2, 0.25) is 0 Å². The van der Waals surface area contributed by atoms with Crippen LogP contribution in [0.3, 0.4) is 0 Å². The zero-order valence-corrected chi connectivity index (χ0v) is 17.1. The fraction of sp³-hybridized carbons (Fsp3) is 0.182. The minimum Gasteiger partial charge on any atom is -0.497 e. The minimum absolute atomic E-state index is 0.143. The number of carbonyl (C=O) groups excluding carboxylic acids is 2. The molecule has 1 amide bonds. The second-order valence-corrected chi connectivity index (χ2v) is 8.63. The Morgan fingerprint density at radius 2 is 1.70 bits per heavy atom. The number of nitrogens with one attached hydrogen (secondary N) is 1. The van der Waals surface area contributed by atoms with Crippen LogP contribution < -0.4 is 10.1 Å². The molecule has 8 heteroatoms. The van der Waals surface area contributed by atoms with Crippen LogP contribution in [-0.4, -0.2) is 39.8 Å². The van der Waals surface area contributed by atoms with Crippen molar-refractivity contribution in [2.75, 3.05) is 24.8 Å². The predicted molar refractivity (Wildman–Crippen MR) is 113 cm³/mol. The monoisotopic (exact) mass is 427 g/mol. The average Bonchev–Trinajstić information content (AvgIpc) is 2.76. The maximum atomic E-state index is 12.5. The number of carbonyl (C=O) groups is 2. The molecule has 3 aromatic rings. The highest BCUT2D eigenvalue weighted by Gasteiger charge is 2.18. The molecule has 0 saturated carbocycles. The number of benzene rings is 3. The number of rotatable bonds is 8. The first-order valence-electron chi connectivity index (χ1n) is 9.18. The lowest BCUT2D eigenvalue weighted by Crippen LogP contribution is -2.22. The molecule has 0 spiro atoms. The largest absolute Gasteiger partial charge is 0.497 e. The molecule has 0 aliphatic rings. The standard InChI is InChI=1S/C22H21NO6S/c1-28-19-8-4-7-18(14-19)23-21(24)15-29-22(25)11-12-30(26,27)20-10-9-16-5-2-3-6-17(16)13-20/h2-10,13-14H,11-12,15H2,1H3,(H,23,24). The molecule has 0 fully saturated rings. The molecule has 0 radical (unpaired) electrons. The van der Waals surface area contributed by atoms with Gasteiger partial charge in [-0.25, -0.2) is 8.42 Å². The van der Waals surface area contributed by atoms with Crippen LogP contribution >= 0.6 is 0 Å². The van der Waals surface area contributed by atoms with Gasteiger partial charge in [-0.15, -0.1) is 0 Å². The molecule has 0 heterocycles. The minimum atomic E-state index is -3.66. The van der Waals surface area contributed by atoms with Crippen LogP contribution in [0.2, 0.25) is 0 Å². The maximum absolute atomic E-state index is 12.5. The molecule has 0 unspecified atom stereocenters. The van der Waals surface area contributed by atoms with Crippen molar-refractivity contribution in [2.45, 2.75) is 11.3 Å². The molecular formula is C22H21NO6S. The summed E-state index contributed by atoms with van der Waals surface area (Å²) in [7, 11) is -2.15. The predicted octanol–water partition coefficient (Wildman–Crippen LogP) is 3.19. The number of fused-ring (bicyclic) bond motifs is 1. The number of esters is 1. The van der Waals surface area contributed by atoms with Gasteiger partial charge in [0, 0.05) is 11.8 Å². The Kier molecular flexibility index (Phi) is 6.68. The highest BCUT2D eigenvalue weighted by Crippen LogP contribution is 2.20. The second kappa shape index (κ2) is 9.41. The number of anilines is 1. The summed E-state index contributed by atoms with van der Waals surface area (Å²) < 4.78 is 35.0. The molecule has 156 valence electrons. The summed E-state index contributed by atoms with van der Waals surface area (Å²) in [6.07, 6.45) is -0.346. The first-order valence-corrected chi connectivity index (χ1v) is 10.8. The molecule has 3 aromatic carbocycles. The zero-order chi connectivity index (χ0) is 21.6. The van der Waals surface area contributed by atoms with Gasteiger partial charge in [0.05, 0.1) is 24.2 Å². The number of hydrogen-bond acceptors (Lipinski definition) is 6. The third kappa shape index (κ3) is 5.57. The van der Waals surface area contributed by atoms with E-state index in [1.807, 2.05) is 24.3 Å². The lowest BCUT2D eigenvalue weighted by molar-refractivity contribution is -0.146. The van der Waals surface area contributed by atoms with Crippen LogP contribution in [0.5, 0.6) is 5.75 Å². The van der Waals surface area contributed by atoms with Gasteiger partial charge >= 0.3 is 5.97 Å². The van der Waals surface area contributed by atoms with Crippen LogP contribution in [0.1, 0.15) is 6.42 Å². The summed E-state index contributed by atoms with van der Waals surface area (Å²) >= 11 is 0. The smallest absolute Gasteiger partial charge is 0.307 e. The van der Waals surface area contributed by atoms with Crippen molar-refractivity contribution in [1.82, 2.24) is 0 Å². The Balaban J connectivity index is 1.51. The van der Waals surface area contributed by atoms with Gasteiger partial charge < -0.3 is 14.8 Å². The number of methoxy groups -OCH3 is 1. The average molecular weight is 427 g/mol. The summed E-state index contributed by atoms with van der Waals surface area (Å²) in [5.41, 5.74) is 0.495. The summed E-state index contributed by atoms with van der Waals surface area (Å²) in [5.74, 6) is -1.13. The number of amides is 1. The first-order chi connectivity index (χ1) is 14.4. The molecule has 1 N–H and O–H groups in total. The molecule has 3 rings (SSSR count). The summed E-state index contributed by atoms with van der Waals surface area (Å²) in [4.78, 5) is 24.0. The van der Waals surface area contributed by atoms with E-state index in [1.165, 1.54) is 13.2 Å². The van der Waals surface area contributed by atoms with E-state index in [-0.39, 0.29) is 11.3 Å². The highest BCUT2D eigenvalue weighted by atomic mass is 32.2. The second-order valence-electron chi connectivity index (χ2n) is 6.52. The third-order valence-electron chi connectivity index (χ3n) is 4.37. The third-order valence-corrected chi connectivity index (χ3v) is 6.09. The van der Waals surface area contributed by atoms with E-state index in [2.05, 4.69) is 5.32 Å². The number of hydrogen-bond donors (Lipinski definition) is 1. The summed E-state index contributed by atoms with van der Waals surface area (Å²) in [6.45, 7) is -0.508. The lowest BCUT2D eigenvalue weighted by atomic mass is 10.1. The van der Waals surface area contributed by atoms with Gasteiger partial charge in [-0.2, -0.15) is 0 Å². The van der Waals surface area contributed by atoms with Gasteiger partial charge in [0.1, 0.15) is 5.75 Å². The molecule has 30 heavy (non-hydrogen) atoms. The van der Waals surface area contributed by atoms with Gasteiger partial charge in [0.25, 0.3) is 5.91 Å². The molecule has 0 aromatic heterocycles. The Bertz CT molecular complexity index is 1170. The van der Waals surface area contributed by atoms with Gasteiger partial charge in [0.15, 0.2) is 16.4 Å².